The highest BCUT2D eigenvalue weighted by Crippen LogP contribution is 2.36. The Kier molecular flexibility index (Phi) is 5.80. The molecule has 0 spiro atoms. The summed E-state index contributed by atoms with van der Waals surface area (Å²) >= 11 is 6.86. The number of nitrogens with zero attached hydrogens (tertiary/aromatic N) is 3. The molecule has 1 aromatic heterocycles. The molecule has 2 aliphatic heterocycles. The Morgan fingerprint density at radius 1 is 0.921 bits per heavy atom. The third-order valence-corrected chi connectivity index (χ3v) is 7.23. The molecule has 0 saturated carbocycles. The number of amides is 2. The quantitative estimate of drug-likeness (QED) is 0.245. The number of rotatable bonds is 4. The van der Waals surface area contributed by atoms with E-state index in [1.54, 1.807) is 41.1 Å². The Balaban J connectivity index is 1.43. The number of fused-ring (bicyclic) bond motifs is 2. The molecule has 3 aromatic carbocycles. The van der Waals surface area contributed by atoms with E-state index in [-0.39, 0.29) is 19.2 Å². The van der Waals surface area contributed by atoms with Gasteiger partial charge in [-0.2, -0.15) is 5.10 Å². The second-order valence-electron chi connectivity index (χ2n) is 9.48. The van der Waals surface area contributed by atoms with E-state index in [9.17, 15) is 9.59 Å². The largest absolute Gasteiger partial charge is 0.454 e. The highest BCUT2D eigenvalue weighted by molar-refractivity contribution is 6.36. The van der Waals surface area contributed by atoms with Crippen molar-refractivity contribution in [2.75, 3.05) is 6.79 Å². The van der Waals surface area contributed by atoms with Crippen molar-refractivity contribution < 1.29 is 19.1 Å². The van der Waals surface area contributed by atoms with Crippen molar-refractivity contribution >= 4 is 35.1 Å². The van der Waals surface area contributed by atoms with Crippen molar-refractivity contribution in [3.63, 3.8) is 0 Å². The van der Waals surface area contributed by atoms with Gasteiger partial charge in [0.15, 0.2) is 11.5 Å². The first kappa shape index (κ1) is 24.0. The standard InChI is InChI=1S/C30H24ClN3O4/c1-17-8-10-25(18(2)12-17)34-28(31)23(19(3)32-34)14-24-21-6-4-5-7-22(21)29(35)33(30(24)36)15-20-9-11-26-27(13-20)38-16-37-26/h4-14H,15-16H2,1-3H3/b24-14+. The SMILES string of the molecule is Cc1ccc(-n2nc(C)c(/C=C3/C(=O)N(Cc4ccc5c(c4)OCO5)C(=O)c4ccccc43)c2Cl)c(C)c1. The fourth-order valence-corrected chi connectivity index (χ4v) is 5.25. The number of halogens is 1. The molecule has 4 aromatic rings. The smallest absolute Gasteiger partial charge is 0.261 e. The van der Waals surface area contributed by atoms with Crippen LogP contribution in [0.2, 0.25) is 5.15 Å². The second-order valence-corrected chi connectivity index (χ2v) is 9.84. The zero-order valence-electron chi connectivity index (χ0n) is 21.1. The Bertz CT molecular complexity index is 1670. The zero-order chi connectivity index (χ0) is 26.6. The van der Waals surface area contributed by atoms with Gasteiger partial charge in [-0.1, -0.05) is 53.6 Å². The van der Waals surface area contributed by atoms with Gasteiger partial charge in [0, 0.05) is 16.7 Å². The zero-order valence-corrected chi connectivity index (χ0v) is 21.9. The minimum Gasteiger partial charge on any atom is -0.454 e. The fraction of sp³-hybridized carbons (Fsp3) is 0.167. The Hall–Kier alpha value is -4.36. The van der Waals surface area contributed by atoms with E-state index >= 15 is 0 Å². The lowest BCUT2D eigenvalue weighted by Gasteiger charge is -2.28. The number of hydrogen-bond donors (Lipinski definition) is 0. The van der Waals surface area contributed by atoms with Crippen LogP contribution in [0, 0.1) is 20.8 Å². The monoisotopic (exact) mass is 525 g/mol. The molecular weight excluding hydrogens is 502 g/mol. The molecular formula is C30H24ClN3O4. The molecule has 0 aliphatic carbocycles. The van der Waals surface area contributed by atoms with Crippen LogP contribution < -0.4 is 9.47 Å². The normalized spacial score (nSPS) is 15.4. The van der Waals surface area contributed by atoms with E-state index in [4.69, 9.17) is 21.1 Å². The van der Waals surface area contributed by atoms with Gasteiger partial charge in [-0.15, -0.1) is 0 Å². The van der Waals surface area contributed by atoms with E-state index in [1.165, 1.54) is 4.90 Å². The van der Waals surface area contributed by atoms with Crippen LogP contribution in [0.15, 0.2) is 60.7 Å². The Labute approximate surface area is 224 Å². The molecule has 38 heavy (non-hydrogen) atoms. The lowest BCUT2D eigenvalue weighted by atomic mass is 9.92. The fourth-order valence-electron chi connectivity index (χ4n) is 4.93. The molecule has 0 bridgehead atoms. The van der Waals surface area contributed by atoms with Gasteiger partial charge in [0.1, 0.15) is 5.15 Å². The minimum atomic E-state index is -0.402. The molecule has 0 saturated heterocycles. The summed E-state index contributed by atoms with van der Waals surface area (Å²) in [5, 5.41) is 5.07. The van der Waals surface area contributed by atoms with Crippen molar-refractivity contribution in [3.8, 4) is 17.2 Å². The van der Waals surface area contributed by atoms with Crippen molar-refractivity contribution in [1.29, 1.82) is 0 Å². The maximum absolute atomic E-state index is 13.8. The van der Waals surface area contributed by atoms with Gasteiger partial charge in [-0.05, 0) is 67.8 Å². The van der Waals surface area contributed by atoms with Crippen LogP contribution >= 0.6 is 11.6 Å². The number of aryl methyl sites for hydroxylation is 3. The van der Waals surface area contributed by atoms with Crippen LogP contribution in [0.25, 0.3) is 17.3 Å². The lowest BCUT2D eigenvalue weighted by Crippen LogP contribution is -2.41. The molecule has 7 nitrogen and oxygen atoms in total. The number of hydrogen-bond acceptors (Lipinski definition) is 5. The van der Waals surface area contributed by atoms with Crippen molar-refractivity contribution in [3.05, 3.63) is 105 Å². The van der Waals surface area contributed by atoms with Crippen LogP contribution in [0.4, 0.5) is 0 Å². The van der Waals surface area contributed by atoms with Crippen LogP contribution in [0.1, 0.15) is 43.9 Å². The number of carbonyl (C=O) groups is 2. The Morgan fingerprint density at radius 2 is 1.68 bits per heavy atom. The minimum absolute atomic E-state index is 0.0918. The maximum Gasteiger partial charge on any atom is 0.261 e. The van der Waals surface area contributed by atoms with E-state index in [0.717, 1.165) is 22.4 Å². The van der Waals surface area contributed by atoms with E-state index < -0.39 is 5.91 Å². The summed E-state index contributed by atoms with van der Waals surface area (Å²) in [7, 11) is 0. The summed E-state index contributed by atoms with van der Waals surface area (Å²) in [4.78, 5) is 28.5. The van der Waals surface area contributed by atoms with E-state index in [0.29, 0.717) is 44.6 Å². The van der Waals surface area contributed by atoms with Crippen molar-refractivity contribution in [1.82, 2.24) is 14.7 Å². The summed E-state index contributed by atoms with van der Waals surface area (Å²) in [6, 6.07) is 18.6. The molecule has 0 N–H and O–H groups in total. The molecule has 3 heterocycles. The second kappa shape index (κ2) is 9.19. The predicted molar refractivity (Wildman–Crippen MR) is 145 cm³/mol. The Morgan fingerprint density at radius 3 is 2.47 bits per heavy atom. The van der Waals surface area contributed by atoms with Gasteiger partial charge in [0.25, 0.3) is 11.8 Å². The first-order chi connectivity index (χ1) is 18.3. The molecule has 0 fully saturated rings. The van der Waals surface area contributed by atoms with Gasteiger partial charge in [0.05, 0.1) is 17.9 Å². The van der Waals surface area contributed by atoms with Gasteiger partial charge in [-0.3, -0.25) is 14.5 Å². The first-order valence-corrected chi connectivity index (χ1v) is 12.6. The average molecular weight is 526 g/mol. The van der Waals surface area contributed by atoms with E-state index in [1.807, 2.05) is 45.0 Å². The highest BCUT2D eigenvalue weighted by atomic mass is 35.5. The number of aromatic nitrogens is 2. The predicted octanol–water partition coefficient (Wildman–Crippen LogP) is 5.90. The first-order valence-electron chi connectivity index (χ1n) is 12.2. The van der Waals surface area contributed by atoms with Crippen molar-refractivity contribution in [2.24, 2.45) is 0 Å². The molecule has 0 atom stereocenters. The third-order valence-electron chi connectivity index (χ3n) is 6.86. The van der Waals surface area contributed by atoms with Gasteiger partial charge >= 0.3 is 0 Å². The molecule has 0 unspecified atom stereocenters. The van der Waals surface area contributed by atoms with Crippen LogP contribution in [-0.2, 0) is 11.3 Å². The molecule has 2 aliphatic rings. The van der Waals surface area contributed by atoms with Crippen molar-refractivity contribution in [2.45, 2.75) is 27.3 Å². The van der Waals surface area contributed by atoms with Crippen LogP contribution in [0.3, 0.4) is 0 Å². The van der Waals surface area contributed by atoms with Gasteiger partial charge < -0.3 is 9.47 Å². The third kappa shape index (κ3) is 3.96. The summed E-state index contributed by atoms with van der Waals surface area (Å²) in [6.45, 7) is 6.14. The molecule has 6 rings (SSSR count). The number of imide groups is 1. The summed E-state index contributed by atoms with van der Waals surface area (Å²) in [6.07, 6.45) is 1.74. The van der Waals surface area contributed by atoms with Crippen LogP contribution in [-0.4, -0.2) is 33.3 Å². The lowest BCUT2D eigenvalue weighted by molar-refractivity contribution is -0.123. The molecule has 8 heteroatoms. The molecule has 190 valence electrons. The maximum atomic E-state index is 13.8. The number of carbonyl (C=O) groups excluding carboxylic acids is 2. The topological polar surface area (TPSA) is 73.7 Å². The summed E-state index contributed by atoms with van der Waals surface area (Å²) < 4.78 is 12.5. The summed E-state index contributed by atoms with van der Waals surface area (Å²) in [5.74, 6) is 0.481. The van der Waals surface area contributed by atoms with Gasteiger partial charge in [-0.25, -0.2) is 4.68 Å². The number of benzene rings is 3. The number of ether oxygens (including phenoxy) is 2. The van der Waals surface area contributed by atoms with Crippen LogP contribution in [0.5, 0.6) is 11.5 Å². The molecule has 2 amide bonds. The summed E-state index contributed by atoms with van der Waals surface area (Å²) in [5.41, 5.74) is 6.50. The van der Waals surface area contributed by atoms with Gasteiger partial charge in [0.2, 0.25) is 6.79 Å². The highest BCUT2D eigenvalue weighted by Gasteiger charge is 2.35. The molecule has 0 radical (unpaired) electrons. The average Bonchev–Trinajstić information content (AvgIpc) is 3.48. The van der Waals surface area contributed by atoms with E-state index in [2.05, 4.69) is 11.2 Å².